The summed E-state index contributed by atoms with van der Waals surface area (Å²) in [7, 11) is 0. The van der Waals surface area contributed by atoms with Crippen LogP contribution in [-0.4, -0.2) is 11.9 Å². The highest BCUT2D eigenvalue weighted by atomic mass is 79.9. The molecule has 3 nitrogen and oxygen atoms in total. The van der Waals surface area contributed by atoms with E-state index in [1.165, 1.54) is 5.56 Å². The molecule has 21 heavy (non-hydrogen) atoms. The Morgan fingerprint density at radius 2 is 1.90 bits per heavy atom. The van der Waals surface area contributed by atoms with E-state index in [4.69, 9.17) is 0 Å². The molecule has 2 rings (SSSR count). The third-order valence-electron chi connectivity index (χ3n) is 2.93. The molecule has 0 aliphatic rings. The second-order valence-electron chi connectivity index (χ2n) is 5.19. The molecule has 0 fully saturated rings. The number of carbonyl (C=O) groups excluding carboxylic acids is 1. The van der Waals surface area contributed by atoms with Gasteiger partial charge in [0, 0.05) is 28.3 Å². The van der Waals surface area contributed by atoms with Gasteiger partial charge in [0.05, 0.1) is 0 Å². The van der Waals surface area contributed by atoms with E-state index in [0.29, 0.717) is 12.1 Å². The van der Waals surface area contributed by atoms with Crippen LogP contribution >= 0.6 is 15.9 Å². The second-order valence-corrected chi connectivity index (χ2v) is 6.11. The van der Waals surface area contributed by atoms with Gasteiger partial charge in [-0.15, -0.1) is 0 Å². The number of halogens is 1. The van der Waals surface area contributed by atoms with Crippen LogP contribution in [0, 0.1) is 0 Å². The van der Waals surface area contributed by atoms with Gasteiger partial charge in [-0.2, -0.15) is 0 Å². The number of carbonyl (C=O) groups is 1. The van der Waals surface area contributed by atoms with Crippen molar-refractivity contribution in [2.45, 2.75) is 26.4 Å². The molecule has 0 spiro atoms. The standard InChI is InChI=1S/C17H19BrN2O/c1-12(2)20-17(21)14-6-4-8-16(10-14)19-11-13-5-3-7-15(18)9-13/h3-10,12,19H,11H2,1-2H3,(H,20,21). The quantitative estimate of drug-likeness (QED) is 0.851. The first-order chi connectivity index (χ1) is 10.0. The maximum Gasteiger partial charge on any atom is 0.251 e. The topological polar surface area (TPSA) is 41.1 Å². The molecule has 0 heterocycles. The Labute approximate surface area is 133 Å². The average molecular weight is 347 g/mol. The zero-order valence-electron chi connectivity index (χ0n) is 12.2. The van der Waals surface area contributed by atoms with Gasteiger partial charge in [0.1, 0.15) is 0 Å². The van der Waals surface area contributed by atoms with Crippen LogP contribution in [0.2, 0.25) is 0 Å². The summed E-state index contributed by atoms with van der Waals surface area (Å²) in [5.74, 6) is -0.0453. The Morgan fingerprint density at radius 1 is 1.14 bits per heavy atom. The largest absolute Gasteiger partial charge is 0.381 e. The first-order valence-corrected chi connectivity index (χ1v) is 7.73. The summed E-state index contributed by atoms with van der Waals surface area (Å²) in [5.41, 5.74) is 2.79. The predicted molar refractivity (Wildman–Crippen MR) is 90.5 cm³/mol. The van der Waals surface area contributed by atoms with Crippen molar-refractivity contribution in [1.29, 1.82) is 0 Å². The fourth-order valence-corrected chi connectivity index (χ4v) is 2.41. The molecule has 2 aromatic rings. The van der Waals surface area contributed by atoms with Crippen molar-refractivity contribution in [2.24, 2.45) is 0 Å². The summed E-state index contributed by atoms with van der Waals surface area (Å²) in [6, 6.07) is 15.8. The number of rotatable bonds is 5. The summed E-state index contributed by atoms with van der Waals surface area (Å²) in [5, 5.41) is 6.23. The molecule has 0 saturated heterocycles. The van der Waals surface area contributed by atoms with Crippen LogP contribution in [0.4, 0.5) is 5.69 Å². The number of benzene rings is 2. The third-order valence-corrected chi connectivity index (χ3v) is 3.42. The fourth-order valence-electron chi connectivity index (χ4n) is 1.97. The summed E-state index contributed by atoms with van der Waals surface area (Å²) < 4.78 is 1.06. The van der Waals surface area contributed by atoms with E-state index < -0.39 is 0 Å². The molecule has 2 aromatic carbocycles. The Morgan fingerprint density at radius 3 is 2.62 bits per heavy atom. The first kappa shape index (κ1) is 15.6. The van der Waals surface area contributed by atoms with E-state index in [1.54, 1.807) is 0 Å². The van der Waals surface area contributed by atoms with Gasteiger partial charge in [0.2, 0.25) is 0 Å². The summed E-state index contributed by atoms with van der Waals surface area (Å²) in [6.07, 6.45) is 0. The molecule has 0 unspecified atom stereocenters. The molecular weight excluding hydrogens is 328 g/mol. The zero-order valence-corrected chi connectivity index (χ0v) is 13.8. The van der Waals surface area contributed by atoms with Crippen molar-refractivity contribution in [3.8, 4) is 0 Å². The van der Waals surface area contributed by atoms with E-state index in [9.17, 15) is 4.79 Å². The molecule has 110 valence electrons. The molecule has 0 aromatic heterocycles. The molecule has 2 N–H and O–H groups in total. The van der Waals surface area contributed by atoms with E-state index in [2.05, 4.69) is 38.7 Å². The Bertz CT molecular complexity index is 626. The molecule has 0 saturated carbocycles. The van der Waals surface area contributed by atoms with Crippen molar-refractivity contribution in [3.63, 3.8) is 0 Å². The van der Waals surface area contributed by atoms with Crippen molar-refractivity contribution in [1.82, 2.24) is 5.32 Å². The van der Waals surface area contributed by atoms with Crippen LogP contribution < -0.4 is 10.6 Å². The molecule has 0 aliphatic carbocycles. The molecule has 0 radical (unpaired) electrons. The van der Waals surface area contributed by atoms with Crippen molar-refractivity contribution < 1.29 is 4.79 Å². The van der Waals surface area contributed by atoms with Crippen LogP contribution in [0.3, 0.4) is 0 Å². The summed E-state index contributed by atoms with van der Waals surface area (Å²) >= 11 is 3.46. The van der Waals surface area contributed by atoms with Crippen LogP contribution in [0.1, 0.15) is 29.8 Å². The lowest BCUT2D eigenvalue weighted by molar-refractivity contribution is 0.0943. The van der Waals surface area contributed by atoms with Gasteiger partial charge in [-0.05, 0) is 49.7 Å². The highest BCUT2D eigenvalue weighted by Gasteiger charge is 2.07. The van der Waals surface area contributed by atoms with Gasteiger partial charge in [-0.1, -0.05) is 34.1 Å². The van der Waals surface area contributed by atoms with Crippen LogP contribution in [0.15, 0.2) is 53.0 Å². The Kier molecular flexibility index (Phi) is 5.39. The minimum Gasteiger partial charge on any atom is -0.381 e. The van der Waals surface area contributed by atoms with E-state index in [0.717, 1.165) is 10.2 Å². The number of amides is 1. The van der Waals surface area contributed by atoms with E-state index >= 15 is 0 Å². The number of hydrogen-bond donors (Lipinski definition) is 2. The molecule has 0 bridgehead atoms. The average Bonchev–Trinajstić information content (AvgIpc) is 2.45. The lowest BCUT2D eigenvalue weighted by Crippen LogP contribution is -2.30. The first-order valence-electron chi connectivity index (χ1n) is 6.94. The van der Waals surface area contributed by atoms with Gasteiger partial charge in [-0.25, -0.2) is 0 Å². The van der Waals surface area contributed by atoms with Gasteiger partial charge < -0.3 is 10.6 Å². The highest BCUT2D eigenvalue weighted by molar-refractivity contribution is 9.10. The second kappa shape index (κ2) is 7.27. The molecule has 1 amide bonds. The molecular formula is C17H19BrN2O. The normalized spacial score (nSPS) is 10.5. The fraction of sp³-hybridized carbons (Fsp3) is 0.235. The minimum absolute atomic E-state index is 0.0453. The minimum atomic E-state index is -0.0453. The predicted octanol–water partition coefficient (Wildman–Crippen LogP) is 4.20. The number of nitrogens with one attached hydrogen (secondary N) is 2. The molecule has 0 aliphatic heterocycles. The molecule has 0 atom stereocenters. The van der Waals surface area contributed by atoms with Crippen molar-refractivity contribution >= 4 is 27.5 Å². The van der Waals surface area contributed by atoms with Gasteiger partial charge >= 0.3 is 0 Å². The number of hydrogen-bond acceptors (Lipinski definition) is 2. The molecule has 4 heteroatoms. The van der Waals surface area contributed by atoms with Gasteiger partial charge in [0.15, 0.2) is 0 Å². The third kappa shape index (κ3) is 4.90. The maximum atomic E-state index is 12.0. The Hall–Kier alpha value is -1.81. The number of anilines is 1. The maximum absolute atomic E-state index is 12.0. The van der Waals surface area contributed by atoms with Gasteiger partial charge in [0.25, 0.3) is 5.91 Å². The summed E-state index contributed by atoms with van der Waals surface area (Å²) in [4.78, 5) is 12.0. The van der Waals surface area contributed by atoms with E-state index in [1.807, 2.05) is 50.2 Å². The SMILES string of the molecule is CC(C)NC(=O)c1cccc(NCc2cccc(Br)c2)c1. The zero-order chi connectivity index (χ0) is 15.2. The van der Waals surface area contributed by atoms with Crippen LogP contribution in [0.25, 0.3) is 0 Å². The highest BCUT2D eigenvalue weighted by Crippen LogP contribution is 2.15. The van der Waals surface area contributed by atoms with Crippen LogP contribution in [-0.2, 0) is 6.54 Å². The lowest BCUT2D eigenvalue weighted by Gasteiger charge is -2.11. The monoisotopic (exact) mass is 346 g/mol. The van der Waals surface area contributed by atoms with Crippen molar-refractivity contribution in [2.75, 3.05) is 5.32 Å². The smallest absolute Gasteiger partial charge is 0.251 e. The van der Waals surface area contributed by atoms with E-state index in [-0.39, 0.29) is 11.9 Å². The van der Waals surface area contributed by atoms with Crippen molar-refractivity contribution in [3.05, 3.63) is 64.1 Å². The Balaban J connectivity index is 2.02. The van der Waals surface area contributed by atoms with Crippen LogP contribution in [0.5, 0.6) is 0 Å². The van der Waals surface area contributed by atoms with Gasteiger partial charge in [-0.3, -0.25) is 4.79 Å². The lowest BCUT2D eigenvalue weighted by atomic mass is 10.1. The summed E-state index contributed by atoms with van der Waals surface area (Å²) in [6.45, 7) is 4.62.